The zero-order valence-electron chi connectivity index (χ0n) is 11.0. The molecule has 0 spiro atoms. The van der Waals surface area contributed by atoms with E-state index in [1.54, 1.807) is 7.05 Å². The van der Waals surface area contributed by atoms with Crippen molar-refractivity contribution in [3.8, 4) is 0 Å². The minimum absolute atomic E-state index is 0.00827. The molecule has 2 bridgehead atoms. The van der Waals surface area contributed by atoms with Crippen LogP contribution in [-0.4, -0.2) is 35.9 Å². The number of rotatable bonds is 4. The maximum atomic E-state index is 13.4. The molecule has 112 valence electrons. The molecule has 1 aromatic rings. The maximum absolute atomic E-state index is 13.4. The molecule has 0 unspecified atom stereocenters. The highest BCUT2D eigenvalue weighted by atomic mass is 32.2. The molecule has 1 N–H and O–H groups in total. The highest BCUT2D eigenvalue weighted by Gasteiger charge is 2.56. The van der Waals surface area contributed by atoms with Crippen LogP contribution in [0.3, 0.4) is 0 Å². The van der Waals surface area contributed by atoms with Crippen molar-refractivity contribution in [3.63, 3.8) is 0 Å². The summed E-state index contributed by atoms with van der Waals surface area (Å²) in [6.45, 7) is 0.191. The van der Waals surface area contributed by atoms with E-state index in [2.05, 4.69) is 15.0 Å². The highest BCUT2D eigenvalue weighted by molar-refractivity contribution is 7.89. The van der Waals surface area contributed by atoms with Crippen LogP contribution >= 0.6 is 0 Å². The molecule has 2 aliphatic rings. The molecule has 0 aliphatic heterocycles. The highest BCUT2D eigenvalue weighted by Crippen LogP contribution is 2.56. The van der Waals surface area contributed by atoms with Crippen LogP contribution in [0.1, 0.15) is 19.3 Å². The van der Waals surface area contributed by atoms with E-state index in [1.165, 1.54) is 10.9 Å². The van der Waals surface area contributed by atoms with Crippen molar-refractivity contribution < 1.29 is 17.2 Å². The Morgan fingerprint density at radius 1 is 1.50 bits per heavy atom. The van der Waals surface area contributed by atoms with Crippen LogP contribution in [0.15, 0.2) is 11.2 Å². The van der Waals surface area contributed by atoms with Gasteiger partial charge in [-0.2, -0.15) is 0 Å². The van der Waals surface area contributed by atoms with Crippen LogP contribution in [0.25, 0.3) is 0 Å². The third kappa shape index (κ3) is 2.32. The van der Waals surface area contributed by atoms with Gasteiger partial charge in [-0.25, -0.2) is 21.9 Å². The SMILES string of the molecule is Cn1cc(S(=O)(=O)NC[C@@H]2C[C@H]3C[C@@H]2CC3(F)F)nn1. The Hall–Kier alpha value is -1.09. The summed E-state index contributed by atoms with van der Waals surface area (Å²) in [7, 11) is -2.13. The molecule has 0 amide bonds. The first kappa shape index (κ1) is 13.9. The number of fused-ring (bicyclic) bond motifs is 2. The average molecular weight is 306 g/mol. The number of hydrogen-bond acceptors (Lipinski definition) is 4. The minimum Gasteiger partial charge on any atom is -0.254 e. The zero-order valence-corrected chi connectivity index (χ0v) is 11.8. The van der Waals surface area contributed by atoms with Crippen molar-refractivity contribution >= 4 is 10.0 Å². The van der Waals surface area contributed by atoms with Crippen LogP contribution in [0, 0.1) is 17.8 Å². The largest absolute Gasteiger partial charge is 0.261 e. The van der Waals surface area contributed by atoms with Crippen molar-refractivity contribution in [1.29, 1.82) is 0 Å². The van der Waals surface area contributed by atoms with Gasteiger partial charge in [0.15, 0.2) is 0 Å². The fourth-order valence-corrected chi connectivity index (χ4v) is 4.33. The molecule has 3 rings (SSSR count). The van der Waals surface area contributed by atoms with Crippen LogP contribution in [0.4, 0.5) is 8.78 Å². The second kappa shape index (κ2) is 4.45. The fourth-order valence-electron chi connectivity index (χ4n) is 3.31. The van der Waals surface area contributed by atoms with Crippen LogP contribution < -0.4 is 4.72 Å². The summed E-state index contributed by atoms with van der Waals surface area (Å²) >= 11 is 0. The van der Waals surface area contributed by atoms with Gasteiger partial charge in [-0.15, -0.1) is 5.10 Å². The van der Waals surface area contributed by atoms with Gasteiger partial charge in [0.2, 0.25) is 5.03 Å². The standard InChI is InChI=1S/C11H16F2N4O2S/c1-17-6-10(15-16-17)20(18,19)14-5-8-3-9-2-7(8)4-11(9,12)13/h6-9,14H,2-5H2,1H3/t7-,8+,9-/m1/s1. The summed E-state index contributed by atoms with van der Waals surface area (Å²) in [5.41, 5.74) is 0. The number of sulfonamides is 1. The minimum atomic E-state index is -3.70. The van der Waals surface area contributed by atoms with Gasteiger partial charge in [-0.05, 0) is 24.7 Å². The van der Waals surface area contributed by atoms with E-state index in [9.17, 15) is 17.2 Å². The second-order valence-corrected chi connectivity index (χ2v) is 7.45. The predicted octanol–water partition coefficient (Wildman–Crippen LogP) is 0.775. The van der Waals surface area contributed by atoms with Gasteiger partial charge >= 0.3 is 0 Å². The molecule has 20 heavy (non-hydrogen) atoms. The third-order valence-corrected chi connectivity index (χ3v) is 5.65. The molecule has 6 nitrogen and oxygen atoms in total. The van der Waals surface area contributed by atoms with Crippen LogP contribution in [-0.2, 0) is 17.1 Å². The lowest BCUT2D eigenvalue weighted by Gasteiger charge is -2.27. The lowest BCUT2D eigenvalue weighted by Crippen LogP contribution is -2.35. The molecule has 2 aliphatic carbocycles. The van der Waals surface area contributed by atoms with E-state index < -0.39 is 21.9 Å². The molecule has 0 saturated heterocycles. The van der Waals surface area contributed by atoms with Crippen molar-refractivity contribution in [1.82, 2.24) is 19.7 Å². The molecular weight excluding hydrogens is 290 g/mol. The van der Waals surface area contributed by atoms with Gasteiger partial charge < -0.3 is 0 Å². The monoisotopic (exact) mass is 306 g/mol. The summed E-state index contributed by atoms with van der Waals surface area (Å²) in [6.07, 6.45) is 2.08. The lowest BCUT2D eigenvalue weighted by molar-refractivity contribution is -0.0604. The first-order chi connectivity index (χ1) is 9.28. The Morgan fingerprint density at radius 3 is 2.75 bits per heavy atom. The molecule has 2 saturated carbocycles. The van der Waals surface area contributed by atoms with Gasteiger partial charge in [0, 0.05) is 25.9 Å². The topological polar surface area (TPSA) is 76.9 Å². The van der Waals surface area contributed by atoms with Gasteiger partial charge in [-0.3, -0.25) is 4.68 Å². The Bertz CT molecular complexity index is 616. The zero-order chi connectivity index (χ0) is 14.5. The normalized spacial score (nSPS) is 31.9. The molecular formula is C11H16F2N4O2S. The number of halogens is 2. The smallest absolute Gasteiger partial charge is 0.254 e. The van der Waals surface area contributed by atoms with E-state index in [0.29, 0.717) is 12.8 Å². The molecule has 1 heterocycles. The quantitative estimate of drug-likeness (QED) is 0.891. The number of aryl methyl sites for hydroxylation is 1. The number of aromatic nitrogens is 3. The molecule has 9 heteroatoms. The predicted molar refractivity (Wildman–Crippen MR) is 65.5 cm³/mol. The summed E-state index contributed by atoms with van der Waals surface area (Å²) < 4.78 is 54.5. The van der Waals surface area contributed by atoms with Gasteiger partial charge in [0.1, 0.15) is 0 Å². The molecule has 2 fully saturated rings. The van der Waals surface area contributed by atoms with E-state index >= 15 is 0 Å². The van der Waals surface area contributed by atoms with Crippen molar-refractivity contribution in [3.05, 3.63) is 6.20 Å². The van der Waals surface area contributed by atoms with Gasteiger partial charge in [0.05, 0.1) is 6.20 Å². The Labute approximate surface area is 115 Å². The first-order valence-corrected chi connectivity index (χ1v) is 8.00. The number of nitrogens with one attached hydrogen (secondary N) is 1. The molecule has 1 aromatic heterocycles. The summed E-state index contributed by atoms with van der Waals surface area (Å²) in [5.74, 6) is -3.24. The summed E-state index contributed by atoms with van der Waals surface area (Å²) in [6, 6.07) is 0. The maximum Gasteiger partial charge on any atom is 0.261 e. The van der Waals surface area contributed by atoms with Crippen molar-refractivity contribution in [2.45, 2.75) is 30.2 Å². The van der Waals surface area contributed by atoms with E-state index in [0.717, 1.165) is 0 Å². The average Bonchev–Trinajstić information content (AvgIpc) is 2.99. The Kier molecular flexibility index (Phi) is 3.09. The van der Waals surface area contributed by atoms with E-state index in [4.69, 9.17) is 0 Å². The first-order valence-electron chi connectivity index (χ1n) is 6.52. The number of nitrogens with zero attached hydrogens (tertiary/aromatic N) is 3. The number of hydrogen-bond donors (Lipinski definition) is 1. The Morgan fingerprint density at radius 2 is 2.25 bits per heavy atom. The van der Waals surface area contributed by atoms with Gasteiger partial charge in [-0.1, -0.05) is 5.21 Å². The summed E-state index contributed by atoms with van der Waals surface area (Å²) in [4.78, 5) is 0. The Balaban J connectivity index is 1.62. The van der Waals surface area contributed by atoms with E-state index in [-0.39, 0.29) is 29.8 Å². The van der Waals surface area contributed by atoms with Crippen molar-refractivity contribution in [2.75, 3.05) is 6.54 Å². The lowest BCUT2D eigenvalue weighted by atomic mass is 9.87. The van der Waals surface area contributed by atoms with Crippen LogP contribution in [0.2, 0.25) is 0 Å². The third-order valence-electron chi connectivity index (χ3n) is 4.37. The van der Waals surface area contributed by atoms with E-state index in [1.807, 2.05) is 0 Å². The molecule has 3 atom stereocenters. The summed E-state index contributed by atoms with van der Waals surface area (Å²) in [5, 5.41) is 6.97. The van der Waals surface area contributed by atoms with Crippen molar-refractivity contribution in [2.24, 2.45) is 24.8 Å². The molecule has 0 radical (unpaired) electrons. The number of alkyl halides is 2. The second-order valence-electron chi connectivity index (χ2n) is 5.74. The van der Waals surface area contributed by atoms with Crippen LogP contribution in [0.5, 0.6) is 0 Å². The van der Waals surface area contributed by atoms with Gasteiger partial charge in [0.25, 0.3) is 15.9 Å². The molecule has 0 aromatic carbocycles. The fraction of sp³-hybridized carbons (Fsp3) is 0.818.